The molecule has 1 heterocycles. The Morgan fingerprint density at radius 1 is 0.774 bits per heavy atom. The van der Waals surface area contributed by atoms with Gasteiger partial charge in [-0.1, -0.05) is 72.6 Å². The molecule has 53 heavy (non-hydrogen) atoms. The second kappa shape index (κ2) is 10.2. The summed E-state index contributed by atoms with van der Waals surface area (Å²) in [5, 5.41) is 22.8. The van der Waals surface area contributed by atoms with Gasteiger partial charge in [-0.25, -0.2) is 0 Å². The van der Waals surface area contributed by atoms with E-state index >= 15 is 0 Å². The van der Waals surface area contributed by atoms with Gasteiger partial charge < -0.3 is 19.7 Å². The first-order valence-electron chi connectivity index (χ1n) is 20.3. The van der Waals surface area contributed by atoms with Gasteiger partial charge in [-0.3, -0.25) is 14.4 Å². The summed E-state index contributed by atoms with van der Waals surface area (Å²) in [7, 11) is 0. The smallest absolute Gasteiger partial charge is 0.317 e. The van der Waals surface area contributed by atoms with Crippen LogP contribution < -0.4 is 9.47 Å². The van der Waals surface area contributed by atoms with Crippen molar-refractivity contribution < 1.29 is 34.1 Å². The number of fused-ring (bicyclic) bond motifs is 13. The molecule has 0 saturated heterocycles. The van der Waals surface area contributed by atoms with Crippen LogP contribution in [0.2, 0.25) is 0 Å². The number of hydrogen-bond donors (Lipinski definition) is 2. The molecule has 1 aromatic carbocycles. The molecule has 1 aliphatic heterocycles. The highest BCUT2D eigenvalue weighted by Gasteiger charge is 2.71. The van der Waals surface area contributed by atoms with Crippen LogP contribution in [0, 0.1) is 44.3 Å². The number of aliphatic carboxylic acids is 1. The largest absolute Gasteiger partial charge is 0.481 e. The molecule has 2 unspecified atom stereocenters. The van der Waals surface area contributed by atoms with E-state index in [1.165, 1.54) is 5.57 Å². The number of aliphatic hydroxyl groups is 1. The van der Waals surface area contributed by atoms with E-state index in [9.17, 15) is 24.6 Å². The average molecular weight is 723 g/mol. The van der Waals surface area contributed by atoms with Crippen molar-refractivity contribution in [3.63, 3.8) is 0 Å². The summed E-state index contributed by atoms with van der Waals surface area (Å²) in [5.74, 6) is -2.28. The molecule has 4 saturated carbocycles. The van der Waals surface area contributed by atoms with Crippen molar-refractivity contribution in [2.24, 2.45) is 44.3 Å². The van der Waals surface area contributed by atoms with Crippen molar-refractivity contribution in [2.45, 2.75) is 150 Å². The van der Waals surface area contributed by atoms with E-state index in [0.717, 1.165) is 68.1 Å². The van der Waals surface area contributed by atoms with Gasteiger partial charge >= 0.3 is 11.8 Å². The fraction of sp³-hybridized carbons (Fsp3) is 0.674. The maximum absolute atomic E-state index is 14.5. The highest BCUT2D eigenvalue weighted by molar-refractivity contribution is 6.03. The second-order valence-corrected chi connectivity index (χ2v) is 21.1. The van der Waals surface area contributed by atoms with Crippen LogP contribution in [0.5, 0.6) is 11.5 Å². The summed E-state index contributed by atoms with van der Waals surface area (Å²) < 4.78 is 13.3. The summed E-state index contributed by atoms with van der Waals surface area (Å²) in [4.78, 5) is 40.9. The molecule has 0 aromatic heterocycles. The van der Waals surface area contributed by atoms with Gasteiger partial charge in [-0.2, -0.15) is 0 Å². The van der Waals surface area contributed by atoms with E-state index < -0.39 is 34.0 Å². The number of rotatable bonds is 1. The monoisotopic (exact) mass is 722 g/mol. The number of carboxylic acid groups (broad SMARTS) is 1. The van der Waals surface area contributed by atoms with Crippen molar-refractivity contribution in [3.05, 3.63) is 58.2 Å². The molecule has 0 bridgehead atoms. The van der Waals surface area contributed by atoms with Gasteiger partial charge in [0.05, 0.1) is 5.41 Å². The maximum atomic E-state index is 14.5. The fourth-order valence-corrected chi connectivity index (χ4v) is 14.2. The highest BCUT2D eigenvalue weighted by Crippen LogP contribution is 2.76. The Hall–Kier alpha value is -3.19. The molecule has 10 atom stereocenters. The molecule has 0 amide bonds. The van der Waals surface area contributed by atoms with Gasteiger partial charge in [0.15, 0.2) is 17.3 Å². The fourth-order valence-electron chi connectivity index (χ4n) is 14.2. The Morgan fingerprint density at radius 2 is 1.47 bits per heavy atom. The predicted molar refractivity (Wildman–Crippen MR) is 202 cm³/mol. The molecular weight excluding hydrogens is 664 g/mol. The number of ketones is 2. The van der Waals surface area contributed by atoms with Crippen LogP contribution in [0.1, 0.15) is 149 Å². The van der Waals surface area contributed by atoms with E-state index in [4.69, 9.17) is 9.47 Å². The lowest BCUT2D eigenvalue weighted by Gasteiger charge is -2.70. The minimum atomic E-state index is -2.29. The quantitative estimate of drug-likeness (QED) is 0.297. The molecule has 7 nitrogen and oxygen atoms in total. The van der Waals surface area contributed by atoms with Crippen LogP contribution in [-0.2, 0) is 15.0 Å². The minimum absolute atomic E-state index is 0.0151. The second-order valence-electron chi connectivity index (χ2n) is 21.1. The number of carbonyl (C=O) groups is 3. The molecule has 0 spiro atoms. The molecule has 7 heteroatoms. The lowest BCUT2D eigenvalue weighted by atomic mass is 9.34. The topological polar surface area (TPSA) is 110 Å². The highest BCUT2D eigenvalue weighted by atomic mass is 16.7. The van der Waals surface area contributed by atoms with E-state index in [2.05, 4.69) is 54.5 Å². The van der Waals surface area contributed by atoms with Crippen LogP contribution in [0.15, 0.2) is 47.1 Å². The summed E-state index contributed by atoms with van der Waals surface area (Å²) in [6.07, 6.45) is 15.5. The van der Waals surface area contributed by atoms with Crippen LogP contribution >= 0.6 is 0 Å². The van der Waals surface area contributed by atoms with Crippen molar-refractivity contribution in [2.75, 3.05) is 0 Å². The number of benzene rings is 1. The number of ether oxygens (including phenoxy) is 2. The summed E-state index contributed by atoms with van der Waals surface area (Å²) in [6.45, 7) is 19.9. The lowest BCUT2D eigenvalue weighted by Crippen LogP contribution is -2.70. The zero-order valence-electron chi connectivity index (χ0n) is 33.3. The van der Waals surface area contributed by atoms with Gasteiger partial charge in [0.2, 0.25) is 11.4 Å². The first kappa shape index (κ1) is 35.5. The molecule has 7 aliphatic carbocycles. The Labute approximate surface area is 314 Å². The molecule has 9 rings (SSSR count). The van der Waals surface area contributed by atoms with Crippen LogP contribution in [0.3, 0.4) is 0 Å². The third-order valence-corrected chi connectivity index (χ3v) is 18.1. The van der Waals surface area contributed by atoms with Crippen molar-refractivity contribution in [1.82, 2.24) is 0 Å². The zero-order chi connectivity index (χ0) is 38.2. The molecule has 1 aromatic rings. The lowest BCUT2D eigenvalue weighted by molar-refractivity contribution is -0.231. The molecule has 2 N–H and O–H groups in total. The Morgan fingerprint density at radius 3 is 2.19 bits per heavy atom. The first-order chi connectivity index (χ1) is 24.5. The summed E-state index contributed by atoms with van der Waals surface area (Å²) in [5.41, 5.74) is 1.20. The van der Waals surface area contributed by atoms with E-state index in [0.29, 0.717) is 36.3 Å². The third kappa shape index (κ3) is 4.08. The van der Waals surface area contributed by atoms with Gasteiger partial charge in [0.1, 0.15) is 0 Å². The van der Waals surface area contributed by atoms with Gasteiger partial charge in [-0.05, 0) is 140 Å². The maximum Gasteiger partial charge on any atom is 0.317 e. The van der Waals surface area contributed by atoms with Crippen molar-refractivity contribution >= 4 is 17.5 Å². The van der Waals surface area contributed by atoms with E-state index in [1.807, 2.05) is 25.1 Å². The zero-order valence-corrected chi connectivity index (χ0v) is 33.3. The third-order valence-electron chi connectivity index (χ3n) is 18.1. The normalized spacial score (nSPS) is 47.5. The molecular formula is C46H58O7. The number of carboxylic acids is 1. The Balaban J connectivity index is 1.14. The van der Waals surface area contributed by atoms with Gasteiger partial charge in [-0.15, -0.1) is 0 Å². The van der Waals surface area contributed by atoms with Crippen molar-refractivity contribution in [1.29, 1.82) is 0 Å². The Bertz CT molecular complexity index is 2020. The molecule has 284 valence electrons. The standard InChI is InChI=1S/C46H58O7/c1-38(2)13-10-14-41(5)28-22-32-31(21-26(28)30(47)24-34(38)41)52-45(9)27-11-12-33-42(6,29(27)23-36(48)46(45,51)53-32)18-20-44(8)35-25-40(4,37(49)50)16-15-39(35,3)17-19-43(33,44)7/h11-12,21-23,34-35,51H,10,13-20,24-25H2,1-9H3,(H,49,50)/t34?,35?,39-,40-,41-,42+,43-,44+,45+,46-/m1/s1. The minimum Gasteiger partial charge on any atom is -0.481 e. The molecule has 4 fully saturated rings. The summed E-state index contributed by atoms with van der Waals surface area (Å²) >= 11 is 0. The number of allylic oxidation sites excluding steroid dienone is 3. The molecule has 8 aliphatic rings. The van der Waals surface area contributed by atoms with Crippen molar-refractivity contribution in [3.8, 4) is 11.5 Å². The van der Waals surface area contributed by atoms with Crippen LogP contribution in [0.25, 0.3) is 0 Å². The van der Waals surface area contributed by atoms with Gasteiger partial charge in [0, 0.05) is 23.0 Å². The predicted octanol–water partition coefficient (Wildman–Crippen LogP) is 9.45. The number of carbonyl (C=O) groups excluding carboxylic acids is 2. The van der Waals surface area contributed by atoms with Gasteiger partial charge in [0.25, 0.3) is 0 Å². The average Bonchev–Trinajstić information content (AvgIpc) is 3.08. The van der Waals surface area contributed by atoms with E-state index in [1.54, 1.807) is 13.0 Å². The van der Waals surface area contributed by atoms with E-state index in [-0.39, 0.29) is 44.7 Å². The van der Waals surface area contributed by atoms with Crippen LogP contribution in [0.4, 0.5) is 0 Å². The molecule has 0 radical (unpaired) electrons. The SMILES string of the molecule is CC1(C)CCC[C@]2(C)c3cc4c(cc3C(=O)CC12)O[C@@]1(C)C2=CC=C3[C@@](C)(CC[C@@]5(C)C6C[C@](C)(C(=O)O)CC[C@]6(C)CC[C@]35C)C2=CC(=O)[C@@]1(O)O4. The first-order valence-corrected chi connectivity index (χ1v) is 20.3. The number of Topliss-reactive ketones (excluding diaryl/α,β-unsaturated/α-hetero) is 1. The number of hydrogen-bond acceptors (Lipinski definition) is 6. The van der Waals surface area contributed by atoms with Crippen LogP contribution in [-0.4, -0.2) is 39.1 Å². The Kier molecular flexibility index (Phi) is 6.80. The summed E-state index contributed by atoms with van der Waals surface area (Å²) in [6, 6.07) is 3.70.